The smallest absolute Gasteiger partial charge is 0.243 e. The van der Waals surface area contributed by atoms with Gasteiger partial charge in [0.1, 0.15) is 12.1 Å². The number of nitrogens with zero attached hydrogens (tertiary/aromatic N) is 1. The SMILES string of the molecule is CC[C@H](C)[C@H](NC(=O)[C@@H](C[C@H](O)[C@H](CC(C)C)NC(=O)[C@H](CC(N)=O)NC(C)=O)C(C)C)C(=O)NCc1ccccn1. The summed E-state index contributed by atoms with van der Waals surface area (Å²) in [6, 6.07) is 2.67. The van der Waals surface area contributed by atoms with Crippen LogP contribution in [0.5, 0.6) is 0 Å². The average Bonchev–Trinajstić information content (AvgIpc) is 2.91. The van der Waals surface area contributed by atoms with Gasteiger partial charge in [-0.2, -0.15) is 0 Å². The summed E-state index contributed by atoms with van der Waals surface area (Å²) in [7, 11) is 0. The predicted octanol–water partition coefficient (Wildman–Crippen LogP) is 1.16. The second-order valence-electron chi connectivity index (χ2n) is 11.7. The average molecular weight is 591 g/mol. The summed E-state index contributed by atoms with van der Waals surface area (Å²) in [5.41, 5.74) is 5.95. The van der Waals surface area contributed by atoms with Gasteiger partial charge in [0.05, 0.1) is 30.8 Å². The number of carbonyl (C=O) groups is 5. The third-order valence-electron chi connectivity index (χ3n) is 7.22. The van der Waals surface area contributed by atoms with Crippen LogP contribution in [0.15, 0.2) is 24.4 Å². The van der Waals surface area contributed by atoms with Crippen molar-refractivity contribution in [1.82, 2.24) is 26.3 Å². The number of rotatable bonds is 18. The molecule has 0 aromatic carbocycles. The minimum absolute atomic E-state index is 0.0184. The second kappa shape index (κ2) is 18.1. The number of primary amides is 1. The van der Waals surface area contributed by atoms with Crippen molar-refractivity contribution in [2.75, 3.05) is 0 Å². The van der Waals surface area contributed by atoms with Gasteiger partial charge in [0.25, 0.3) is 0 Å². The fourth-order valence-electron chi connectivity index (χ4n) is 4.62. The molecule has 0 saturated carbocycles. The van der Waals surface area contributed by atoms with Crippen molar-refractivity contribution in [2.45, 2.75) is 105 Å². The van der Waals surface area contributed by atoms with Crippen molar-refractivity contribution in [1.29, 1.82) is 0 Å². The fraction of sp³-hybridized carbons (Fsp3) is 0.667. The molecule has 0 aliphatic rings. The zero-order chi connectivity index (χ0) is 32.0. The van der Waals surface area contributed by atoms with E-state index in [1.807, 2.05) is 47.6 Å². The number of aliphatic hydroxyl groups is 1. The fourth-order valence-corrected chi connectivity index (χ4v) is 4.62. The minimum Gasteiger partial charge on any atom is -0.391 e. The van der Waals surface area contributed by atoms with Crippen LogP contribution in [-0.2, 0) is 30.5 Å². The minimum atomic E-state index is -1.19. The van der Waals surface area contributed by atoms with E-state index in [0.29, 0.717) is 18.5 Å². The molecule has 0 unspecified atom stereocenters. The number of hydrogen-bond donors (Lipinski definition) is 6. The Morgan fingerprint density at radius 1 is 0.929 bits per heavy atom. The van der Waals surface area contributed by atoms with Gasteiger partial charge in [-0.1, -0.05) is 54.0 Å². The number of pyridine rings is 1. The van der Waals surface area contributed by atoms with Crippen molar-refractivity contribution in [3.05, 3.63) is 30.1 Å². The lowest BCUT2D eigenvalue weighted by Gasteiger charge is -2.32. The molecule has 6 atom stereocenters. The molecule has 5 amide bonds. The van der Waals surface area contributed by atoms with Gasteiger partial charge in [0, 0.05) is 19.0 Å². The van der Waals surface area contributed by atoms with Gasteiger partial charge in [0.2, 0.25) is 29.5 Å². The van der Waals surface area contributed by atoms with Gasteiger partial charge in [-0.05, 0) is 42.7 Å². The third kappa shape index (κ3) is 13.0. The number of amides is 5. The first kappa shape index (κ1) is 36.5. The van der Waals surface area contributed by atoms with Crippen LogP contribution in [0.1, 0.15) is 79.8 Å². The Kier molecular flexibility index (Phi) is 15.7. The van der Waals surface area contributed by atoms with E-state index >= 15 is 0 Å². The molecule has 0 bridgehead atoms. The van der Waals surface area contributed by atoms with Crippen LogP contribution < -0.4 is 27.0 Å². The molecule has 7 N–H and O–H groups in total. The number of nitrogens with one attached hydrogen (secondary N) is 4. The zero-order valence-electron chi connectivity index (χ0n) is 26.0. The Morgan fingerprint density at radius 2 is 1.60 bits per heavy atom. The first-order chi connectivity index (χ1) is 19.7. The van der Waals surface area contributed by atoms with Gasteiger partial charge in [-0.15, -0.1) is 0 Å². The molecule has 0 aliphatic carbocycles. The van der Waals surface area contributed by atoms with E-state index in [1.54, 1.807) is 18.3 Å². The summed E-state index contributed by atoms with van der Waals surface area (Å²) < 4.78 is 0. The Bertz CT molecular complexity index is 1020. The van der Waals surface area contributed by atoms with Gasteiger partial charge < -0.3 is 32.1 Å². The van der Waals surface area contributed by atoms with Crippen LogP contribution in [0.4, 0.5) is 0 Å². The first-order valence-corrected chi connectivity index (χ1v) is 14.7. The van der Waals surface area contributed by atoms with E-state index in [2.05, 4.69) is 26.3 Å². The van der Waals surface area contributed by atoms with E-state index in [0.717, 1.165) is 0 Å². The summed E-state index contributed by atoms with van der Waals surface area (Å²) in [5.74, 6) is -3.55. The number of carbonyl (C=O) groups excluding carboxylic acids is 5. The molecule has 12 nitrogen and oxygen atoms in total. The van der Waals surface area contributed by atoms with Crippen molar-refractivity contribution in [3.63, 3.8) is 0 Å². The lowest BCUT2D eigenvalue weighted by molar-refractivity contribution is -0.134. The summed E-state index contributed by atoms with van der Waals surface area (Å²) in [6.45, 7) is 12.8. The van der Waals surface area contributed by atoms with Crippen molar-refractivity contribution in [3.8, 4) is 0 Å². The van der Waals surface area contributed by atoms with Crippen LogP contribution in [0, 0.1) is 23.7 Å². The van der Waals surface area contributed by atoms with Crippen LogP contribution in [0.3, 0.4) is 0 Å². The Labute approximate surface area is 249 Å². The van der Waals surface area contributed by atoms with Gasteiger partial charge in [0.15, 0.2) is 0 Å². The number of aromatic nitrogens is 1. The van der Waals surface area contributed by atoms with Crippen LogP contribution >= 0.6 is 0 Å². The van der Waals surface area contributed by atoms with E-state index in [1.165, 1.54) is 6.92 Å². The summed E-state index contributed by atoms with van der Waals surface area (Å²) in [6.07, 6.45) is 1.17. The third-order valence-corrected chi connectivity index (χ3v) is 7.22. The summed E-state index contributed by atoms with van der Waals surface area (Å²) in [4.78, 5) is 66.9. The molecule has 236 valence electrons. The lowest BCUT2D eigenvalue weighted by atomic mass is 9.85. The Hall–Kier alpha value is -3.54. The summed E-state index contributed by atoms with van der Waals surface area (Å²) >= 11 is 0. The second-order valence-corrected chi connectivity index (χ2v) is 11.7. The molecule has 1 rings (SSSR count). The Balaban J connectivity index is 3.06. The summed E-state index contributed by atoms with van der Waals surface area (Å²) in [5, 5.41) is 22.2. The van der Waals surface area contributed by atoms with Crippen LogP contribution in [0.25, 0.3) is 0 Å². The molecule has 12 heteroatoms. The van der Waals surface area contributed by atoms with Crippen LogP contribution in [-0.4, -0.2) is 63.9 Å². The van der Waals surface area contributed by atoms with E-state index in [9.17, 15) is 29.1 Å². The van der Waals surface area contributed by atoms with Crippen LogP contribution in [0.2, 0.25) is 0 Å². The molecule has 0 saturated heterocycles. The highest BCUT2D eigenvalue weighted by molar-refractivity contribution is 5.91. The van der Waals surface area contributed by atoms with Crippen molar-refractivity contribution >= 4 is 29.5 Å². The standard InChI is InChI=1S/C30H50N6O6/c1-8-19(6)27(30(42)33-16-21-11-9-10-12-32-21)36-28(40)22(18(4)5)14-25(38)23(13-17(2)3)35-29(41)24(15-26(31)39)34-20(7)37/h9-12,17-19,22-25,27,38H,8,13-16H2,1-7H3,(H2,31,39)(H,33,42)(H,34,37)(H,35,41)(H,36,40)/t19-,22-,23-,24-,25-,27-/m0/s1. The van der Waals surface area contributed by atoms with Crippen molar-refractivity contribution < 1.29 is 29.1 Å². The zero-order valence-corrected chi connectivity index (χ0v) is 26.0. The Morgan fingerprint density at radius 3 is 2.10 bits per heavy atom. The molecule has 0 spiro atoms. The highest BCUT2D eigenvalue weighted by Crippen LogP contribution is 2.23. The first-order valence-electron chi connectivity index (χ1n) is 14.7. The van der Waals surface area contributed by atoms with Gasteiger partial charge >= 0.3 is 0 Å². The highest BCUT2D eigenvalue weighted by atomic mass is 16.3. The molecular formula is C30H50N6O6. The normalized spacial score (nSPS) is 15.6. The molecule has 1 aromatic heterocycles. The van der Waals surface area contributed by atoms with Gasteiger partial charge in [-0.3, -0.25) is 29.0 Å². The number of nitrogens with two attached hydrogens (primary N) is 1. The maximum atomic E-state index is 13.5. The van der Waals surface area contributed by atoms with E-state index < -0.39 is 54.3 Å². The molecular weight excluding hydrogens is 540 g/mol. The molecule has 0 aliphatic heterocycles. The molecule has 1 aromatic rings. The maximum Gasteiger partial charge on any atom is 0.243 e. The molecule has 0 radical (unpaired) electrons. The van der Waals surface area contributed by atoms with Gasteiger partial charge in [-0.25, -0.2) is 0 Å². The largest absolute Gasteiger partial charge is 0.391 e. The quantitative estimate of drug-likeness (QED) is 0.148. The molecule has 42 heavy (non-hydrogen) atoms. The predicted molar refractivity (Wildman–Crippen MR) is 159 cm³/mol. The molecule has 1 heterocycles. The van der Waals surface area contributed by atoms with Crippen molar-refractivity contribution in [2.24, 2.45) is 29.4 Å². The topological polar surface area (TPSA) is 193 Å². The van der Waals surface area contributed by atoms with E-state index in [4.69, 9.17) is 5.73 Å². The number of hydrogen-bond acceptors (Lipinski definition) is 7. The number of aliphatic hydroxyl groups excluding tert-OH is 1. The molecule has 0 fully saturated rings. The lowest BCUT2D eigenvalue weighted by Crippen LogP contribution is -2.55. The van der Waals surface area contributed by atoms with E-state index in [-0.39, 0.29) is 42.5 Å². The maximum absolute atomic E-state index is 13.5. The highest BCUT2D eigenvalue weighted by Gasteiger charge is 2.35. The monoisotopic (exact) mass is 590 g/mol.